The zero-order valence-electron chi connectivity index (χ0n) is 19.9. The highest BCUT2D eigenvalue weighted by molar-refractivity contribution is 5.95. The molecule has 4 heterocycles. The minimum Gasteiger partial charge on any atom is -0.356 e. The number of ketones is 1. The van der Waals surface area contributed by atoms with Crippen molar-refractivity contribution < 1.29 is 9.59 Å². The number of carbonyl (C=O) groups excluding carboxylic acids is 2. The fourth-order valence-corrected chi connectivity index (χ4v) is 4.60. The zero-order chi connectivity index (χ0) is 23.8. The van der Waals surface area contributed by atoms with E-state index in [1.165, 1.54) is 6.20 Å². The number of nitrogens with zero attached hydrogens (tertiary/aromatic N) is 5. The standard InChI is InChI=1S/C25H32N6O2/c1-6-19-14-26-22(27-19)21(32)13-17-7-8-20(18-15-29(4)24(33)30(5)16-18)28-23(17)31-11-9-25(2,3)10-12-31/h1,7-8,14,18H,9-13,15-16H2,2-5H3,(H,26,27). The van der Waals surface area contributed by atoms with Crippen LogP contribution in [0.5, 0.6) is 0 Å². The molecule has 0 aliphatic carbocycles. The van der Waals surface area contributed by atoms with Gasteiger partial charge in [0.25, 0.3) is 0 Å². The summed E-state index contributed by atoms with van der Waals surface area (Å²) in [5.41, 5.74) is 2.63. The molecule has 4 rings (SSSR count). The summed E-state index contributed by atoms with van der Waals surface area (Å²) in [6.07, 6.45) is 9.23. The number of amides is 2. The maximum absolute atomic E-state index is 12.9. The Kier molecular flexibility index (Phi) is 6.15. The number of H-pyrrole nitrogens is 1. The summed E-state index contributed by atoms with van der Waals surface area (Å²) in [5.74, 6) is 3.60. The van der Waals surface area contributed by atoms with E-state index >= 15 is 0 Å². The summed E-state index contributed by atoms with van der Waals surface area (Å²) >= 11 is 0. The molecule has 2 aliphatic heterocycles. The van der Waals surface area contributed by atoms with Gasteiger partial charge < -0.3 is 19.7 Å². The molecule has 1 N–H and O–H groups in total. The first-order chi connectivity index (χ1) is 15.7. The number of hydrogen-bond donors (Lipinski definition) is 1. The van der Waals surface area contributed by atoms with Crippen molar-refractivity contribution in [1.29, 1.82) is 0 Å². The second-order valence-corrected chi connectivity index (χ2v) is 10.0. The van der Waals surface area contributed by atoms with Crippen LogP contribution in [0.2, 0.25) is 0 Å². The Morgan fingerprint density at radius 1 is 1.21 bits per heavy atom. The molecule has 2 aromatic rings. The molecule has 0 bridgehead atoms. The third-order valence-corrected chi connectivity index (χ3v) is 6.80. The molecule has 33 heavy (non-hydrogen) atoms. The van der Waals surface area contributed by atoms with Crippen molar-refractivity contribution in [2.24, 2.45) is 5.41 Å². The first-order valence-corrected chi connectivity index (χ1v) is 11.4. The summed E-state index contributed by atoms with van der Waals surface area (Å²) in [4.78, 5) is 43.0. The molecular weight excluding hydrogens is 416 g/mol. The zero-order valence-corrected chi connectivity index (χ0v) is 19.9. The number of imidazole rings is 1. The van der Waals surface area contributed by atoms with Gasteiger partial charge in [0.2, 0.25) is 5.78 Å². The third kappa shape index (κ3) is 4.87. The average Bonchev–Trinajstić information content (AvgIpc) is 3.27. The van der Waals surface area contributed by atoms with Crippen LogP contribution >= 0.6 is 0 Å². The number of nitrogens with one attached hydrogen (secondary N) is 1. The van der Waals surface area contributed by atoms with Gasteiger partial charge in [-0.05, 0) is 24.3 Å². The number of carbonyl (C=O) groups is 2. The van der Waals surface area contributed by atoms with Crippen LogP contribution in [0, 0.1) is 17.8 Å². The van der Waals surface area contributed by atoms with Gasteiger partial charge in [-0.3, -0.25) is 4.79 Å². The molecule has 174 valence electrons. The van der Waals surface area contributed by atoms with Gasteiger partial charge in [-0.15, -0.1) is 6.42 Å². The van der Waals surface area contributed by atoms with Crippen LogP contribution in [0.25, 0.3) is 0 Å². The van der Waals surface area contributed by atoms with Gasteiger partial charge in [-0.2, -0.15) is 0 Å². The van der Waals surface area contributed by atoms with Crippen molar-refractivity contribution in [2.75, 3.05) is 45.2 Å². The summed E-state index contributed by atoms with van der Waals surface area (Å²) in [7, 11) is 3.64. The lowest BCUT2D eigenvalue weighted by molar-refractivity contribution is 0.0983. The molecule has 0 unspecified atom stereocenters. The molecule has 0 aromatic carbocycles. The van der Waals surface area contributed by atoms with E-state index in [-0.39, 0.29) is 30.0 Å². The number of rotatable bonds is 5. The highest BCUT2D eigenvalue weighted by Crippen LogP contribution is 2.34. The highest BCUT2D eigenvalue weighted by Gasteiger charge is 2.31. The quantitative estimate of drug-likeness (QED) is 0.562. The van der Waals surface area contributed by atoms with Crippen molar-refractivity contribution in [2.45, 2.75) is 39.0 Å². The molecule has 8 heteroatoms. The number of hydrogen-bond acceptors (Lipinski definition) is 5. The van der Waals surface area contributed by atoms with E-state index in [0.717, 1.165) is 43.0 Å². The maximum atomic E-state index is 12.9. The lowest BCUT2D eigenvalue weighted by Gasteiger charge is -2.39. The van der Waals surface area contributed by atoms with Crippen LogP contribution in [-0.2, 0) is 6.42 Å². The Morgan fingerprint density at radius 3 is 2.48 bits per heavy atom. The molecule has 2 amide bonds. The Balaban J connectivity index is 1.63. The molecule has 0 radical (unpaired) electrons. The fraction of sp³-hybridized carbons (Fsp3) is 0.520. The van der Waals surface area contributed by atoms with Crippen molar-refractivity contribution in [3.8, 4) is 12.3 Å². The van der Waals surface area contributed by atoms with E-state index in [2.05, 4.69) is 34.6 Å². The van der Waals surface area contributed by atoms with Crippen LogP contribution in [0.4, 0.5) is 10.6 Å². The normalized spacial score (nSPS) is 19.0. The molecular formula is C25H32N6O2. The van der Waals surface area contributed by atoms with E-state index in [0.29, 0.717) is 24.2 Å². The smallest absolute Gasteiger partial charge is 0.319 e. The van der Waals surface area contributed by atoms with E-state index < -0.39 is 0 Å². The van der Waals surface area contributed by atoms with Crippen molar-refractivity contribution >= 4 is 17.6 Å². The number of Topliss-reactive ketones (excluding diaryl/α,β-unsaturated/α-hetero) is 1. The Morgan fingerprint density at radius 2 is 1.88 bits per heavy atom. The summed E-state index contributed by atoms with van der Waals surface area (Å²) in [6, 6.07) is 4.03. The number of urea groups is 1. The fourth-order valence-electron chi connectivity index (χ4n) is 4.60. The number of aromatic nitrogens is 3. The first kappa shape index (κ1) is 22.8. The lowest BCUT2D eigenvalue weighted by Crippen LogP contribution is -2.49. The van der Waals surface area contributed by atoms with Crippen molar-refractivity contribution in [3.05, 3.63) is 41.1 Å². The van der Waals surface area contributed by atoms with Gasteiger partial charge in [0, 0.05) is 63.9 Å². The van der Waals surface area contributed by atoms with Gasteiger partial charge in [-0.25, -0.2) is 14.8 Å². The van der Waals surface area contributed by atoms with Crippen molar-refractivity contribution in [3.63, 3.8) is 0 Å². The van der Waals surface area contributed by atoms with Gasteiger partial charge in [0.15, 0.2) is 5.82 Å². The second-order valence-electron chi connectivity index (χ2n) is 10.0. The first-order valence-electron chi connectivity index (χ1n) is 11.4. The SMILES string of the molecule is C#Cc1cnc(C(=O)Cc2ccc(C3CN(C)C(=O)N(C)C3)nc2N2CCC(C)(C)CC2)[nH]1. The van der Waals surface area contributed by atoms with Gasteiger partial charge >= 0.3 is 6.03 Å². The molecule has 2 aromatic heterocycles. The maximum Gasteiger partial charge on any atom is 0.319 e. The molecule has 0 saturated carbocycles. The lowest BCUT2D eigenvalue weighted by atomic mass is 9.82. The van der Waals surface area contributed by atoms with Crippen LogP contribution in [0.15, 0.2) is 18.3 Å². The number of pyridine rings is 1. The largest absolute Gasteiger partial charge is 0.356 e. The molecule has 0 atom stereocenters. The number of likely N-dealkylation sites (N-methyl/N-ethyl adjacent to an activating group) is 2. The number of piperidine rings is 1. The van der Waals surface area contributed by atoms with E-state index in [4.69, 9.17) is 11.4 Å². The van der Waals surface area contributed by atoms with Crippen LogP contribution in [0.1, 0.15) is 60.2 Å². The average molecular weight is 449 g/mol. The summed E-state index contributed by atoms with van der Waals surface area (Å²) in [5, 5.41) is 0. The van der Waals surface area contributed by atoms with Gasteiger partial charge in [-0.1, -0.05) is 25.8 Å². The number of aromatic amines is 1. The van der Waals surface area contributed by atoms with E-state index in [9.17, 15) is 9.59 Å². The molecule has 2 fully saturated rings. The van der Waals surface area contributed by atoms with Crippen LogP contribution in [0.3, 0.4) is 0 Å². The number of anilines is 1. The summed E-state index contributed by atoms with van der Waals surface area (Å²) < 4.78 is 0. The second kappa shape index (κ2) is 8.89. The highest BCUT2D eigenvalue weighted by atomic mass is 16.2. The predicted octanol–water partition coefficient (Wildman–Crippen LogP) is 2.92. The van der Waals surface area contributed by atoms with Crippen LogP contribution in [-0.4, -0.2) is 76.8 Å². The minimum absolute atomic E-state index is 0.0248. The number of terminal acetylenes is 1. The molecule has 8 nitrogen and oxygen atoms in total. The Labute approximate surface area is 195 Å². The topological polar surface area (TPSA) is 85.4 Å². The van der Waals surface area contributed by atoms with E-state index in [1.54, 1.807) is 9.80 Å². The summed E-state index contributed by atoms with van der Waals surface area (Å²) in [6.45, 7) is 7.64. The van der Waals surface area contributed by atoms with Gasteiger partial charge in [0.1, 0.15) is 11.5 Å². The van der Waals surface area contributed by atoms with Crippen LogP contribution < -0.4 is 4.90 Å². The Hall–Kier alpha value is -3.34. The third-order valence-electron chi connectivity index (χ3n) is 6.80. The molecule has 2 saturated heterocycles. The van der Waals surface area contributed by atoms with Gasteiger partial charge in [0.05, 0.1) is 6.20 Å². The monoisotopic (exact) mass is 448 g/mol. The van der Waals surface area contributed by atoms with Crippen molar-refractivity contribution in [1.82, 2.24) is 24.8 Å². The Bertz CT molecular complexity index is 1070. The molecule has 0 spiro atoms. The minimum atomic E-state index is -0.118. The predicted molar refractivity (Wildman–Crippen MR) is 127 cm³/mol. The molecule has 2 aliphatic rings. The van der Waals surface area contributed by atoms with E-state index in [1.807, 2.05) is 26.2 Å².